The van der Waals surface area contributed by atoms with Gasteiger partial charge in [0, 0.05) is 23.5 Å². The summed E-state index contributed by atoms with van der Waals surface area (Å²) in [5.74, 6) is 0.125. The first-order valence-corrected chi connectivity index (χ1v) is 6.19. The number of hydrogen-bond acceptors (Lipinski definition) is 2. The fourth-order valence-electron chi connectivity index (χ4n) is 2.27. The van der Waals surface area contributed by atoms with Gasteiger partial charge in [-0.3, -0.25) is 4.79 Å². The van der Waals surface area contributed by atoms with E-state index < -0.39 is 0 Å². The Morgan fingerprint density at radius 1 is 1.25 bits per heavy atom. The minimum absolute atomic E-state index is 0.125. The molecule has 1 aromatic carbocycles. The van der Waals surface area contributed by atoms with Crippen molar-refractivity contribution in [2.45, 2.75) is 36.6 Å². The molecule has 0 N–H and O–H groups in total. The summed E-state index contributed by atoms with van der Waals surface area (Å²) in [5, 5.41) is 0. The molecule has 3 heteroatoms. The first kappa shape index (κ1) is 11.5. The van der Waals surface area contributed by atoms with Crippen LogP contribution in [0.15, 0.2) is 29.2 Å². The highest BCUT2D eigenvalue weighted by molar-refractivity contribution is 7.80. The summed E-state index contributed by atoms with van der Waals surface area (Å²) in [6, 6.07) is 7.84. The smallest absolute Gasteiger partial charge is 0.253 e. The molecule has 0 heterocycles. The van der Waals surface area contributed by atoms with Crippen LogP contribution in [0.5, 0.6) is 0 Å². The standard InChI is InChI=1S/C13H17NOS/c1-14(11-4-2-3-5-11)13(15)10-6-8-12(16)9-7-10/h6-9,11,16H,2-5H2,1H3. The van der Waals surface area contributed by atoms with Gasteiger partial charge in [0.2, 0.25) is 0 Å². The van der Waals surface area contributed by atoms with Crippen LogP contribution in [-0.4, -0.2) is 23.9 Å². The molecular formula is C13H17NOS. The van der Waals surface area contributed by atoms with Gasteiger partial charge in [-0.25, -0.2) is 0 Å². The Bertz CT molecular complexity index is 368. The van der Waals surface area contributed by atoms with E-state index in [1.54, 1.807) is 0 Å². The summed E-state index contributed by atoms with van der Waals surface area (Å²) in [7, 11) is 1.91. The Morgan fingerprint density at radius 3 is 2.38 bits per heavy atom. The fraction of sp³-hybridized carbons (Fsp3) is 0.462. The molecule has 1 aliphatic rings. The second-order valence-corrected chi connectivity index (χ2v) is 4.92. The second-order valence-electron chi connectivity index (χ2n) is 4.40. The van der Waals surface area contributed by atoms with Crippen LogP contribution in [0.3, 0.4) is 0 Å². The van der Waals surface area contributed by atoms with Gasteiger partial charge in [0.25, 0.3) is 5.91 Å². The molecule has 1 aromatic rings. The minimum atomic E-state index is 0.125. The van der Waals surface area contributed by atoms with Crippen LogP contribution in [0.1, 0.15) is 36.0 Å². The van der Waals surface area contributed by atoms with Crippen molar-refractivity contribution >= 4 is 18.5 Å². The van der Waals surface area contributed by atoms with Crippen molar-refractivity contribution < 1.29 is 4.79 Å². The SMILES string of the molecule is CN(C(=O)c1ccc(S)cc1)C1CCCC1. The van der Waals surface area contributed by atoms with Gasteiger partial charge in [0.1, 0.15) is 0 Å². The van der Waals surface area contributed by atoms with Crippen molar-refractivity contribution in [2.24, 2.45) is 0 Å². The maximum Gasteiger partial charge on any atom is 0.253 e. The van der Waals surface area contributed by atoms with E-state index in [-0.39, 0.29) is 5.91 Å². The zero-order valence-electron chi connectivity index (χ0n) is 9.52. The van der Waals surface area contributed by atoms with Crippen LogP contribution in [0.25, 0.3) is 0 Å². The molecule has 1 saturated carbocycles. The van der Waals surface area contributed by atoms with Crippen molar-refractivity contribution in [1.29, 1.82) is 0 Å². The van der Waals surface area contributed by atoms with Gasteiger partial charge in [-0.15, -0.1) is 12.6 Å². The van der Waals surface area contributed by atoms with Crippen molar-refractivity contribution in [3.05, 3.63) is 29.8 Å². The maximum atomic E-state index is 12.1. The third-order valence-corrected chi connectivity index (χ3v) is 3.61. The number of hydrogen-bond donors (Lipinski definition) is 1. The number of amides is 1. The van der Waals surface area contributed by atoms with Gasteiger partial charge in [-0.2, -0.15) is 0 Å². The predicted octanol–water partition coefficient (Wildman–Crippen LogP) is 2.99. The number of rotatable bonds is 2. The lowest BCUT2D eigenvalue weighted by atomic mass is 10.1. The third-order valence-electron chi connectivity index (χ3n) is 3.31. The molecule has 0 aromatic heterocycles. The molecule has 0 saturated heterocycles. The van der Waals surface area contributed by atoms with Gasteiger partial charge in [-0.1, -0.05) is 12.8 Å². The lowest BCUT2D eigenvalue weighted by Crippen LogP contribution is -2.35. The summed E-state index contributed by atoms with van der Waals surface area (Å²) in [4.78, 5) is 14.9. The van der Waals surface area contributed by atoms with Crippen molar-refractivity contribution in [3.8, 4) is 0 Å². The van der Waals surface area contributed by atoms with Crippen LogP contribution < -0.4 is 0 Å². The van der Waals surface area contributed by atoms with Crippen LogP contribution >= 0.6 is 12.6 Å². The average molecular weight is 235 g/mol. The van der Waals surface area contributed by atoms with E-state index in [9.17, 15) is 4.79 Å². The van der Waals surface area contributed by atoms with Crippen LogP contribution in [0.2, 0.25) is 0 Å². The Balaban J connectivity index is 2.08. The highest BCUT2D eigenvalue weighted by Crippen LogP contribution is 2.23. The monoisotopic (exact) mass is 235 g/mol. The molecule has 0 bridgehead atoms. The summed E-state index contributed by atoms with van der Waals surface area (Å²) in [5.41, 5.74) is 0.757. The minimum Gasteiger partial charge on any atom is -0.339 e. The molecule has 0 atom stereocenters. The molecule has 0 radical (unpaired) electrons. The van der Waals surface area contributed by atoms with Gasteiger partial charge in [0.15, 0.2) is 0 Å². The van der Waals surface area contributed by atoms with Gasteiger partial charge in [0.05, 0.1) is 0 Å². The number of carbonyl (C=O) groups is 1. The van der Waals surface area contributed by atoms with E-state index in [1.165, 1.54) is 12.8 Å². The number of nitrogens with zero attached hydrogens (tertiary/aromatic N) is 1. The Kier molecular flexibility index (Phi) is 3.54. The quantitative estimate of drug-likeness (QED) is 0.781. The largest absolute Gasteiger partial charge is 0.339 e. The molecule has 2 nitrogen and oxygen atoms in total. The summed E-state index contributed by atoms with van der Waals surface area (Å²) >= 11 is 4.21. The molecule has 86 valence electrons. The molecule has 16 heavy (non-hydrogen) atoms. The predicted molar refractivity (Wildman–Crippen MR) is 68.0 cm³/mol. The van der Waals surface area contributed by atoms with Crippen LogP contribution in [0.4, 0.5) is 0 Å². The van der Waals surface area contributed by atoms with Crippen molar-refractivity contribution in [3.63, 3.8) is 0 Å². The third kappa shape index (κ3) is 2.40. The normalized spacial score (nSPS) is 16.4. The molecule has 0 unspecified atom stereocenters. The Hall–Kier alpha value is -0.960. The van der Waals surface area contributed by atoms with E-state index in [2.05, 4.69) is 12.6 Å². The summed E-state index contributed by atoms with van der Waals surface area (Å²) in [6.45, 7) is 0. The van der Waals surface area contributed by atoms with Gasteiger partial charge in [-0.05, 0) is 37.1 Å². The fourth-order valence-corrected chi connectivity index (χ4v) is 2.41. The zero-order chi connectivity index (χ0) is 11.5. The molecule has 1 aliphatic carbocycles. The molecule has 2 rings (SSSR count). The average Bonchev–Trinajstić information content (AvgIpc) is 2.81. The van der Waals surface area contributed by atoms with Crippen molar-refractivity contribution in [2.75, 3.05) is 7.05 Å². The van der Waals surface area contributed by atoms with Crippen LogP contribution in [0, 0.1) is 0 Å². The number of thiol groups is 1. The van der Waals surface area contributed by atoms with E-state index in [1.807, 2.05) is 36.2 Å². The highest BCUT2D eigenvalue weighted by atomic mass is 32.1. The van der Waals surface area contributed by atoms with Crippen molar-refractivity contribution in [1.82, 2.24) is 4.90 Å². The van der Waals surface area contributed by atoms with Gasteiger partial charge < -0.3 is 4.90 Å². The molecule has 0 spiro atoms. The summed E-state index contributed by atoms with van der Waals surface area (Å²) in [6.07, 6.45) is 4.79. The number of carbonyl (C=O) groups excluding carboxylic acids is 1. The molecule has 1 fully saturated rings. The van der Waals surface area contributed by atoms with Gasteiger partial charge >= 0.3 is 0 Å². The first-order chi connectivity index (χ1) is 7.68. The lowest BCUT2D eigenvalue weighted by molar-refractivity contribution is 0.0735. The zero-order valence-corrected chi connectivity index (χ0v) is 10.4. The van der Waals surface area contributed by atoms with E-state index >= 15 is 0 Å². The Morgan fingerprint density at radius 2 is 1.81 bits per heavy atom. The van der Waals surface area contributed by atoms with Crippen LogP contribution in [-0.2, 0) is 0 Å². The van der Waals surface area contributed by atoms with E-state index in [4.69, 9.17) is 0 Å². The maximum absolute atomic E-state index is 12.1. The first-order valence-electron chi connectivity index (χ1n) is 5.74. The van der Waals surface area contributed by atoms with E-state index in [0.717, 1.165) is 23.3 Å². The lowest BCUT2D eigenvalue weighted by Gasteiger charge is -2.24. The topological polar surface area (TPSA) is 20.3 Å². The second kappa shape index (κ2) is 4.91. The highest BCUT2D eigenvalue weighted by Gasteiger charge is 2.23. The molecule has 0 aliphatic heterocycles. The van der Waals surface area contributed by atoms with E-state index in [0.29, 0.717) is 6.04 Å². The molecule has 1 amide bonds. The Labute approximate surface area is 102 Å². The summed E-state index contributed by atoms with van der Waals surface area (Å²) < 4.78 is 0. The molecular weight excluding hydrogens is 218 g/mol. The number of benzene rings is 1.